The normalized spacial score (nSPS) is 23.6. The Balaban J connectivity index is 1.61. The van der Waals surface area contributed by atoms with E-state index in [9.17, 15) is 4.79 Å². The van der Waals surface area contributed by atoms with Crippen LogP contribution in [0.2, 0.25) is 0 Å². The fourth-order valence-corrected chi connectivity index (χ4v) is 3.36. The minimum atomic E-state index is 0.155. The number of likely N-dealkylation sites (tertiary alicyclic amines) is 1. The fraction of sp³-hybridized carbons (Fsp3) is 0.688. The molecule has 22 heavy (non-hydrogen) atoms. The molecule has 0 radical (unpaired) electrons. The van der Waals surface area contributed by atoms with Gasteiger partial charge in [-0.2, -0.15) is 0 Å². The average Bonchev–Trinajstić information content (AvgIpc) is 2.55. The first-order valence-electron chi connectivity index (χ1n) is 8.14. The molecule has 0 bridgehead atoms. The molecule has 1 aromatic rings. The average molecular weight is 303 g/mol. The van der Waals surface area contributed by atoms with Crippen molar-refractivity contribution in [1.29, 1.82) is 0 Å². The first-order valence-corrected chi connectivity index (χ1v) is 8.14. The standard InChI is InChI=1S/C16H25N5O/c1-13(22)20-6-8-21(9-7-20)16-11-17-15(10-18-16)14-4-3-5-19(2)12-14/h10-11,14H,3-9,12H2,1-2H3/t14-/m0/s1. The van der Waals surface area contributed by atoms with Crippen LogP contribution in [-0.4, -0.2) is 72.0 Å². The summed E-state index contributed by atoms with van der Waals surface area (Å²) in [5.74, 6) is 1.59. The molecule has 0 unspecified atom stereocenters. The van der Waals surface area contributed by atoms with Crippen molar-refractivity contribution in [2.45, 2.75) is 25.7 Å². The number of anilines is 1. The third kappa shape index (κ3) is 3.38. The van der Waals surface area contributed by atoms with Gasteiger partial charge in [0.15, 0.2) is 0 Å². The summed E-state index contributed by atoms with van der Waals surface area (Å²) in [5.41, 5.74) is 1.11. The van der Waals surface area contributed by atoms with Crippen molar-refractivity contribution in [2.24, 2.45) is 0 Å². The van der Waals surface area contributed by atoms with E-state index in [-0.39, 0.29) is 5.91 Å². The molecule has 0 spiro atoms. The minimum absolute atomic E-state index is 0.155. The summed E-state index contributed by atoms with van der Waals surface area (Å²) in [5, 5.41) is 0. The van der Waals surface area contributed by atoms with Gasteiger partial charge in [-0.3, -0.25) is 9.78 Å². The molecule has 120 valence electrons. The highest BCUT2D eigenvalue weighted by atomic mass is 16.2. The van der Waals surface area contributed by atoms with Crippen molar-refractivity contribution in [2.75, 3.05) is 51.2 Å². The number of piperazine rings is 1. The lowest BCUT2D eigenvalue weighted by atomic mass is 9.95. The van der Waals surface area contributed by atoms with E-state index in [2.05, 4.69) is 26.8 Å². The predicted molar refractivity (Wildman–Crippen MR) is 86.0 cm³/mol. The third-order valence-electron chi connectivity index (χ3n) is 4.75. The molecule has 1 aromatic heterocycles. The maximum absolute atomic E-state index is 11.4. The van der Waals surface area contributed by atoms with E-state index < -0.39 is 0 Å². The summed E-state index contributed by atoms with van der Waals surface area (Å²) in [6, 6.07) is 0. The van der Waals surface area contributed by atoms with Gasteiger partial charge in [0.25, 0.3) is 0 Å². The predicted octanol–water partition coefficient (Wildman–Crippen LogP) is 0.954. The van der Waals surface area contributed by atoms with Gasteiger partial charge >= 0.3 is 0 Å². The largest absolute Gasteiger partial charge is 0.352 e. The summed E-state index contributed by atoms with van der Waals surface area (Å²) in [6.07, 6.45) is 6.27. The lowest BCUT2D eigenvalue weighted by molar-refractivity contribution is -0.129. The second-order valence-corrected chi connectivity index (χ2v) is 6.39. The fourth-order valence-electron chi connectivity index (χ4n) is 3.36. The van der Waals surface area contributed by atoms with Crippen LogP contribution >= 0.6 is 0 Å². The molecular weight excluding hydrogens is 278 g/mol. The number of likely N-dealkylation sites (N-methyl/N-ethyl adjacent to an activating group) is 1. The number of piperidine rings is 1. The highest BCUT2D eigenvalue weighted by Gasteiger charge is 2.22. The van der Waals surface area contributed by atoms with Crippen molar-refractivity contribution >= 4 is 11.7 Å². The number of hydrogen-bond donors (Lipinski definition) is 0. The van der Waals surface area contributed by atoms with E-state index in [0.29, 0.717) is 5.92 Å². The van der Waals surface area contributed by atoms with Crippen LogP contribution in [0.25, 0.3) is 0 Å². The number of carbonyl (C=O) groups is 1. The number of aromatic nitrogens is 2. The first kappa shape index (κ1) is 15.2. The molecule has 6 nitrogen and oxygen atoms in total. The van der Waals surface area contributed by atoms with Crippen molar-refractivity contribution < 1.29 is 4.79 Å². The topological polar surface area (TPSA) is 52.6 Å². The molecule has 0 saturated carbocycles. The summed E-state index contributed by atoms with van der Waals surface area (Å²) < 4.78 is 0. The first-order chi connectivity index (χ1) is 10.6. The van der Waals surface area contributed by atoms with Gasteiger partial charge in [0, 0.05) is 45.6 Å². The van der Waals surface area contributed by atoms with Crippen LogP contribution in [-0.2, 0) is 4.79 Å². The van der Waals surface area contributed by atoms with Crippen LogP contribution in [0, 0.1) is 0 Å². The maximum atomic E-state index is 11.4. The van der Waals surface area contributed by atoms with Crippen LogP contribution in [0.3, 0.4) is 0 Å². The molecule has 1 atom stereocenters. The van der Waals surface area contributed by atoms with Gasteiger partial charge in [-0.25, -0.2) is 4.98 Å². The lowest BCUT2D eigenvalue weighted by Crippen LogP contribution is -2.48. The number of amides is 1. The number of nitrogens with zero attached hydrogens (tertiary/aromatic N) is 5. The molecule has 0 aliphatic carbocycles. The van der Waals surface area contributed by atoms with E-state index in [1.54, 1.807) is 6.92 Å². The Bertz CT molecular complexity index is 510. The Morgan fingerprint density at radius 1 is 1.14 bits per heavy atom. The van der Waals surface area contributed by atoms with E-state index in [0.717, 1.165) is 44.2 Å². The summed E-state index contributed by atoms with van der Waals surface area (Å²) >= 11 is 0. The second-order valence-electron chi connectivity index (χ2n) is 6.39. The highest BCUT2D eigenvalue weighted by Crippen LogP contribution is 2.25. The van der Waals surface area contributed by atoms with Gasteiger partial charge in [0.05, 0.1) is 18.1 Å². The van der Waals surface area contributed by atoms with E-state index in [4.69, 9.17) is 0 Å². The van der Waals surface area contributed by atoms with Crippen molar-refractivity contribution in [3.8, 4) is 0 Å². The monoisotopic (exact) mass is 303 g/mol. The summed E-state index contributed by atoms with van der Waals surface area (Å²) in [6.45, 7) is 7.09. The third-order valence-corrected chi connectivity index (χ3v) is 4.75. The zero-order chi connectivity index (χ0) is 15.5. The molecule has 3 heterocycles. The number of rotatable bonds is 2. The van der Waals surface area contributed by atoms with Crippen LogP contribution in [0.15, 0.2) is 12.4 Å². The van der Waals surface area contributed by atoms with E-state index in [1.165, 1.54) is 19.4 Å². The summed E-state index contributed by atoms with van der Waals surface area (Å²) in [4.78, 5) is 27.1. The van der Waals surface area contributed by atoms with Gasteiger partial charge in [0.1, 0.15) is 5.82 Å². The smallest absolute Gasteiger partial charge is 0.219 e. The van der Waals surface area contributed by atoms with Gasteiger partial charge in [0.2, 0.25) is 5.91 Å². The van der Waals surface area contributed by atoms with Crippen LogP contribution in [0.1, 0.15) is 31.4 Å². The zero-order valence-electron chi connectivity index (χ0n) is 13.5. The quantitative estimate of drug-likeness (QED) is 0.814. The Labute approximate surface area is 132 Å². The van der Waals surface area contributed by atoms with Crippen LogP contribution < -0.4 is 4.90 Å². The van der Waals surface area contributed by atoms with Gasteiger partial charge < -0.3 is 14.7 Å². The summed E-state index contributed by atoms with van der Waals surface area (Å²) in [7, 11) is 2.17. The molecule has 2 aliphatic heterocycles. The van der Waals surface area contributed by atoms with Crippen molar-refractivity contribution in [3.63, 3.8) is 0 Å². The Kier molecular flexibility index (Phi) is 4.57. The molecule has 3 rings (SSSR count). The Morgan fingerprint density at radius 3 is 2.50 bits per heavy atom. The van der Waals surface area contributed by atoms with Crippen LogP contribution in [0.5, 0.6) is 0 Å². The molecule has 0 N–H and O–H groups in total. The van der Waals surface area contributed by atoms with Crippen molar-refractivity contribution in [1.82, 2.24) is 19.8 Å². The molecule has 6 heteroatoms. The van der Waals surface area contributed by atoms with Gasteiger partial charge in [-0.15, -0.1) is 0 Å². The minimum Gasteiger partial charge on any atom is -0.352 e. The molecular formula is C16H25N5O. The van der Waals surface area contributed by atoms with Crippen LogP contribution in [0.4, 0.5) is 5.82 Å². The Morgan fingerprint density at radius 2 is 1.91 bits per heavy atom. The molecule has 2 saturated heterocycles. The van der Waals surface area contributed by atoms with Gasteiger partial charge in [-0.05, 0) is 26.4 Å². The van der Waals surface area contributed by atoms with E-state index >= 15 is 0 Å². The molecule has 2 aliphatic rings. The van der Waals surface area contributed by atoms with E-state index in [1.807, 2.05) is 17.3 Å². The zero-order valence-corrected chi connectivity index (χ0v) is 13.5. The lowest BCUT2D eigenvalue weighted by Gasteiger charge is -2.35. The molecule has 0 aromatic carbocycles. The molecule has 1 amide bonds. The van der Waals surface area contributed by atoms with Crippen molar-refractivity contribution in [3.05, 3.63) is 18.1 Å². The maximum Gasteiger partial charge on any atom is 0.219 e. The second kappa shape index (κ2) is 6.60. The number of carbonyl (C=O) groups excluding carboxylic acids is 1. The Hall–Kier alpha value is -1.69. The SMILES string of the molecule is CC(=O)N1CCN(c2cnc([C@H]3CCCN(C)C3)cn2)CC1. The molecule has 2 fully saturated rings. The number of hydrogen-bond acceptors (Lipinski definition) is 5. The highest BCUT2D eigenvalue weighted by molar-refractivity contribution is 5.73. The van der Waals surface area contributed by atoms with Gasteiger partial charge in [-0.1, -0.05) is 0 Å².